The first-order valence-electron chi connectivity index (χ1n) is 10.6. The van der Waals surface area contributed by atoms with Gasteiger partial charge < -0.3 is 10.1 Å². The van der Waals surface area contributed by atoms with Crippen LogP contribution in [0.1, 0.15) is 46.9 Å². The molecule has 1 N–H and O–H groups in total. The lowest BCUT2D eigenvalue weighted by atomic mass is 9.87. The van der Waals surface area contributed by atoms with E-state index >= 15 is 0 Å². The number of ether oxygens (including phenoxy) is 1. The predicted octanol–water partition coefficient (Wildman–Crippen LogP) is 6.76. The summed E-state index contributed by atoms with van der Waals surface area (Å²) in [5, 5.41) is 12.5. The van der Waals surface area contributed by atoms with Crippen LogP contribution in [0.25, 0.3) is 11.1 Å². The second-order valence-corrected chi connectivity index (χ2v) is 8.58. The quantitative estimate of drug-likeness (QED) is 0.409. The van der Waals surface area contributed by atoms with Crippen LogP contribution in [0.5, 0.6) is 5.75 Å². The predicted molar refractivity (Wildman–Crippen MR) is 127 cm³/mol. The fourth-order valence-corrected chi connectivity index (χ4v) is 4.41. The van der Waals surface area contributed by atoms with Crippen molar-refractivity contribution in [3.05, 3.63) is 87.4 Å². The Labute approximate surface area is 197 Å². The van der Waals surface area contributed by atoms with Gasteiger partial charge in [-0.3, -0.25) is 4.79 Å². The number of carbonyl (C=O) groups is 1. The molecule has 3 aromatic carbocycles. The number of halogens is 2. The van der Waals surface area contributed by atoms with Crippen molar-refractivity contribution in [3.63, 3.8) is 0 Å². The maximum atomic E-state index is 12.4. The Hall–Kier alpha value is -3.00. The molecule has 6 heteroatoms. The standard InChI is InChI=1S/C26H22Cl2N2O2/c27-21-10-11-25(23(28)16-21)32-24-7-2-4-17-8-9-19(15-22(17)24)18-5-1-6-20(14-18)26(31)30-13-3-12-29/h1,5-6,8-11,14-16,24H,2-4,7,13H2,(H,30,31). The van der Waals surface area contributed by atoms with Crippen LogP contribution in [-0.2, 0) is 6.42 Å². The molecule has 0 spiro atoms. The molecule has 1 unspecified atom stereocenters. The van der Waals surface area contributed by atoms with Gasteiger partial charge in [0, 0.05) is 17.1 Å². The summed E-state index contributed by atoms with van der Waals surface area (Å²) in [7, 11) is 0. The van der Waals surface area contributed by atoms with Gasteiger partial charge in [0.25, 0.3) is 5.91 Å². The van der Waals surface area contributed by atoms with Crippen molar-refractivity contribution in [1.29, 1.82) is 5.26 Å². The van der Waals surface area contributed by atoms with E-state index in [2.05, 4.69) is 23.5 Å². The molecule has 32 heavy (non-hydrogen) atoms. The minimum atomic E-state index is -0.182. The maximum absolute atomic E-state index is 12.4. The Kier molecular flexibility index (Phi) is 6.99. The first-order chi connectivity index (χ1) is 15.5. The number of aryl methyl sites for hydroxylation is 1. The molecule has 1 aliphatic carbocycles. The zero-order chi connectivity index (χ0) is 22.5. The summed E-state index contributed by atoms with van der Waals surface area (Å²) in [4.78, 5) is 12.4. The molecule has 0 aliphatic heterocycles. The first-order valence-corrected chi connectivity index (χ1v) is 11.3. The molecule has 0 saturated heterocycles. The van der Waals surface area contributed by atoms with Crippen molar-refractivity contribution in [3.8, 4) is 22.9 Å². The lowest BCUT2D eigenvalue weighted by Gasteiger charge is -2.27. The zero-order valence-electron chi connectivity index (χ0n) is 17.4. The SMILES string of the molecule is N#CCCNC(=O)c1cccc(-c2ccc3c(c2)C(Oc2ccc(Cl)cc2Cl)CCC3)c1. The van der Waals surface area contributed by atoms with Gasteiger partial charge in [-0.2, -0.15) is 5.26 Å². The number of carbonyl (C=O) groups excluding carboxylic acids is 1. The van der Waals surface area contributed by atoms with E-state index in [1.165, 1.54) is 5.56 Å². The highest BCUT2D eigenvalue weighted by atomic mass is 35.5. The number of amides is 1. The minimum absolute atomic E-state index is 0.102. The summed E-state index contributed by atoms with van der Waals surface area (Å²) in [6, 6.07) is 21.2. The summed E-state index contributed by atoms with van der Waals surface area (Å²) in [5.74, 6) is 0.439. The van der Waals surface area contributed by atoms with E-state index < -0.39 is 0 Å². The fraction of sp³-hybridized carbons (Fsp3) is 0.231. The van der Waals surface area contributed by atoms with Crippen LogP contribution in [0.4, 0.5) is 0 Å². The van der Waals surface area contributed by atoms with Crippen LogP contribution >= 0.6 is 23.2 Å². The molecule has 162 valence electrons. The number of nitriles is 1. The maximum Gasteiger partial charge on any atom is 0.251 e. The summed E-state index contributed by atoms with van der Waals surface area (Å²) in [6.45, 7) is 0.338. The normalized spacial score (nSPS) is 14.8. The van der Waals surface area contributed by atoms with Crippen LogP contribution in [0.2, 0.25) is 10.0 Å². The lowest BCUT2D eigenvalue weighted by Crippen LogP contribution is -2.24. The fourth-order valence-electron chi connectivity index (χ4n) is 3.96. The summed E-state index contributed by atoms with van der Waals surface area (Å²) in [6.07, 6.45) is 3.13. The smallest absolute Gasteiger partial charge is 0.251 e. The molecule has 0 radical (unpaired) electrons. The Morgan fingerprint density at radius 1 is 1.09 bits per heavy atom. The van der Waals surface area contributed by atoms with Crippen molar-refractivity contribution < 1.29 is 9.53 Å². The number of benzene rings is 3. The largest absolute Gasteiger partial charge is 0.484 e. The third-order valence-electron chi connectivity index (χ3n) is 5.55. The topological polar surface area (TPSA) is 62.1 Å². The molecule has 0 fully saturated rings. The lowest BCUT2D eigenvalue weighted by molar-refractivity contribution is 0.0954. The molecule has 1 amide bonds. The molecule has 4 rings (SSSR count). The zero-order valence-corrected chi connectivity index (χ0v) is 18.9. The van der Waals surface area contributed by atoms with Gasteiger partial charge in [0.1, 0.15) is 11.9 Å². The van der Waals surface area contributed by atoms with Crippen LogP contribution in [0.3, 0.4) is 0 Å². The molecule has 3 aromatic rings. The Morgan fingerprint density at radius 2 is 1.94 bits per heavy atom. The minimum Gasteiger partial charge on any atom is -0.484 e. The molecule has 1 atom stereocenters. The number of fused-ring (bicyclic) bond motifs is 1. The van der Waals surface area contributed by atoms with Gasteiger partial charge in [-0.1, -0.05) is 47.5 Å². The van der Waals surface area contributed by atoms with Crippen molar-refractivity contribution in [2.45, 2.75) is 31.8 Å². The summed E-state index contributed by atoms with van der Waals surface area (Å²) >= 11 is 12.3. The van der Waals surface area contributed by atoms with E-state index in [0.717, 1.165) is 36.0 Å². The van der Waals surface area contributed by atoms with Crippen molar-refractivity contribution in [1.82, 2.24) is 5.32 Å². The highest BCUT2D eigenvalue weighted by Crippen LogP contribution is 2.38. The average molecular weight is 465 g/mol. The van der Waals surface area contributed by atoms with E-state index in [1.54, 1.807) is 24.3 Å². The van der Waals surface area contributed by atoms with Crippen molar-refractivity contribution >= 4 is 29.1 Å². The van der Waals surface area contributed by atoms with Gasteiger partial charge in [-0.05, 0) is 77.9 Å². The van der Waals surface area contributed by atoms with Gasteiger partial charge in [0.2, 0.25) is 0 Å². The number of hydrogen-bond donors (Lipinski definition) is 1. The van der Waals surface area contributed by atoms with Gasteiger partial charge >= 0.3 is 0 Å². The van der Waals surface area contributed by atoms with Crippen molar-refractivity contribution in [2.75, 3.05) is 6.54 Å². The monoisotopic (exact) mass is 464 g/mol. The second kappa shape index (κ2) is 10.1. The molecular formula is C26H22Cl2N2O2. The highest BCUT2D eigenvalue weighted by Gasteiger charge is 2.23. The molecule has 0 aromatic heterocycles. The number of nitrogens with one attached hydrogen (secondary N) is 1. The van der Waals surface area contributed by atoms with Crippen LogP contribution in [-0.4, -0.2) is 12.5 Å². The van der Waals surface area contributed by atoms with Gasteiger partial charge in [-0.25, -0.2) is 0 Å². The molecule has 1 aliphatic rings. The van der Waals surface area contributed by atoms with Crippen LogP contribution in [0, 0.1) is 11.3 Å². The Morgan fingerprint density at radius 3 is 2.75 bits per heavy atom. The van der Waals surface area contributed by atoms with Crippen molar-refractivity contribution in [2.24, 2.45) is 0 Å². The molecule has 0 bridgehead atoms. The third-order valence-corrected chi connectivity index (χ3v) is 6.08. The molecule has 4 nitrogen and oxygen atoms in total. The van der Waals surface area contributed by atoms with Crippen LogP contribution in [0.15, 0.2) is 60.7 Å². The summed E-state index contributed by atoms with van der Waals surface area (Å²) < 4.78 is 6.29. The molecule has 0 saturated carbocycles. The van der Waals surface area contributed by atoms with E-state index in [1.807, 2.05) is 24.3 Å². The van der Waals surface area contributed by atoms with E-state index in [0.29, 0.717) is 27.9 Å². The van der Waals surface area contributed by atoms with Gasteiger partial charge in [-0.15, -0.1) is 0 Å². The number of rotatable bonds is 6. The number of hydrogen-bond acceptors (Lipinski definition) is 3. The number of nitrogens with zero attached hydrogens (tertiary/aromatic N) is 1. The van der Waals surface area contributed by atoms with Crippen LogP contribution < -0.4 is 10.1 Å². The summed E-state index contributed by atoms with van der Waals surface area (Å²) in [5.41, 5.74) is 4.95. The Balaban J connectivity index is 1.60. The molecular weight excluding hydrogens is 443 g/mol. The second-order valence-electron chi connectivity index (χ2n) is 7.73. The highest BCUT2D eigenvalue weighted by molar-refractivity contribution is 6.35. The van der Waals surface area contributed by atoms with Gasteiger partial charge in [0.05, 0.1) is 17.5 Å². The first kappa shape index (κ1) is 22.2. The van der Waals surface area contributed by atoms with E-state index in [4.69, 9.17) is 33.2 Å². The third kappa shape index (κ3) is 5.07. The molecule has 0 heterocycles. The average Bonchev–Trinajstić information content (AvgIpc) is 2.81. The van der Waals surface area contributed by atoms with Gasteiger partial charge in [0.15, 0.2) is 0 Å². The van der Waals surface area contributed by atoms with E-state index in [-0.39, 0.29) is 18.4 Å². The van der Waals surface area contributed by atoms with E-state index in [9.17, 15) is 4.79 Å². The Bertz CT molecular complexity index is 1190.